The number of hydrogen-bond donors (Lipinski definition) is 3. The molecular formula is C22H31IN4O2S. The quantitative estimate of drug-likeness (QED) is 0.245. The van der Waals surface area contributed by atoms with E-state index in [-0.39, 0.29) is 35.1 Å². The van der Waals surface area contributed by atoms with Crippen molar-refractivity contribution in [3.05, 3.63) is 71.8 Å². The Morgan fingerprint density at radius 2 is 1.63 bits per heavy atom. The van der Waals surface area contributed by atoms with Crippen LogP contribution in [-0.2, 0) is 22.0 Å². The highest BCUT2D eigenvalue weighted by Gasteiger charge is 2.43. The van der Waals surface area contributed by atoms with Crippen molar-refractivity contribution < 1.29 is 8.42 Å². The minimum absolute atomic E-state index is 0. The monoisotopic (exact) mass is 542 g/mol. The highest BCUT2D eigenvalue weighted by molar-refractivity contribution is 14.0. The summed E-state index contributed by atoms with van der Waals surface area (Å²) in [4.78, 5) is 4.72. The van der Waals surface area contributed by atoms with E-state index in [1.807, 2.05) is 43.3 Å². The van der Waals surface area contributed by atoms with Crippen LogP contribution in [0.25, 0.3) is 0 Å². The van der Waals surface area contributed by atoms with Crippen LogP contribution in [0.2, 0.25) is 0 Å². The summed E-state index contributed by atoms with van der Waals surface area (Å²) in [5.74, 6) is 0.654. The van der Waals surface area contributed by atoms with Crippen LogP contribution in [0.5, 0.6) is 0 Å². The highest BCUT2D eigenvalue weighted by Crippen LogP contribution is 2.48. The third-order valence-corrected chi connectivity index (χ3v) is 6.45. The maximum atomic E-state index is 12.2. The fourth-order valence-electron chi connectivity index (χ4n) is 3.22. The molecule has 0 spiro atoms. The highest BCUT2D eigenvalue weighted by atomic mass is 127. The summed E-state index contributed by atoms with van der Waals surface area (Å²) in [6.07, 6.45) is 2.27. The maximum Gasteiger partial charge on any atom is 0.213 e. The maximum absolute atomic E-state index is 12.2. The molecule has 2 aromatic carbocycles. The number of nitrogens with zero attached hydrogens (tertiary/aromatic N) is 1. The standard InChI is InChI=1S/C22H30N4O2S.HI/c1-2-23-21(25-18-22(13-14-22)20-11-7-4-8-12-20)24-15-16-29(27,28)26-17-19-9-5-3-6-10-19;/h3-12,26H,2,13-18H2,1H3,(H2,23,24,25);1H. The van der Waals surface area contributed by atoms with Crippen LogP contribution in [0.4, 0.5) is 0 Å². The van der Waals surface area contributed by atoms with Gasteiger partial charge in [-0.3, -0.25) is 4.99 Å². The predicted octanol–water partition coefficient (Wildman–Crippen LogP) is 3.01. The molecule has 8 heteroatoms. The van der Waals surface area contributed by atoms with Gasteiger partial charge in [0.05, 0.1) is 12.3 Å². The first-order chi connectivity index (χ1) is 14.0. The van der Waals surface area contributed by atoms with Gasteiger partial charge in [-0.2, -0.15) is 0 Å². The van der Waals surface area contributed by atoms with E-state index in [2.05, 4.69) is 39.6 Å². The smallest absolute Gasteiger partial charge is 0.213 e. The van der Waals surface area contributed by atoms with E-state index >= 15 is 0 Å². The van der Waals surface area contributed by atoms with Gasteiger partial charge in [0.1, 0.15) is 0 Å². The minimum atomic E-state index is -3.36. The van der Waals surface area contributed by atoms with Crippen molar-refractivity contribution in [2.24, 2.45) is 4.99 Å². The van der Waals surface area contributed by atoms with E-state index in [0.29, 0.717) is 25.6 Å². The molecule has 1 aliphatic carbocycles. The molecule has 1 aliphatic rings. The zero-order valence-corrected chi connectivity index (χ0v) is 20.5. The van der Waals surface area contributed by atoms with E-state index in [1.54, 1.807) is 0 Å². The Morgan fingerprint density at radius 3 is 2.23 bits per heavy atom. The number of rotatable bonds is 10. The van der Waals surface area contributed by atoms with E-state index in [0.717, 1.165) is 24.9 Å². The molecule has 0 bridgehead atoms. The zero-order chi connectivity index (χ0) is 20.6. The van der Waals surface area contributed by atoms with Crippen molar-refractivity contribution in [1.82, 2.24) is 15.4 Å². The third-order valence-electron chi connectivity index (χ3n) is 5.13. The summed E-state index contributed by atoms with van der Waals surface area (Å²) in [7, 11) is -3.36. The van der Waals surface area contributed by atoms with Crippen molar-refractivity contribution in [3.63, 3.8) is 0 Å². The summed E-state index contributed by atoms with van der Waals surface area (Å²) in [5, 5.41) is 6.35. The summed E-state index contributed by atoms with van der Waals surface area (Å²) in [6, 6.07) is 20.0. The van der Waals surface area contributed by atoms with E-state index in [4.69, 9.17) is 4.99 Å². The lowest BCUT2D eigenvalue weighted by atomic mass is 9.96. The van der Waals surface area contributed by atoms with E-state index in [9.17, 15) is 8.42 Å². The van der Waals surface area contributed by atoms with Crippen molar-refractivity contribution in [3.8, 4) is 0 Å². The normalized spacial score (nSPS) is 15.2. The first kappa shape index (κ1) is 24.6. The molecule has 1 saturated carbocycles. The van der Waals surface area contributed by atoms with Crippen LogP contribution in [0, 0.1) is 0 Å². The molecule has 0 atom stereocenters. The number of benzene rings is 2. The van der Waals surface area contributed by atoms with Gasteiger partial charge in [0.2, 0.25) is 10.0 Å². The molecule has 164 valence electrons. The van der Waals surface area contributed by atoms with Crippen LogP contribution < -0.4 is 15.4 Å². The zero-order valence-electron chi connectivity index (χ0n) is 17.3. The van der Waals surface area contributed by atoms with Crippen LogP contribution in [0.15, 0.2) is 65.7 Å². The molecule has 0 heterocycles. The second-order valence-corrected chi connectivity index (χ2v) is 9.32. The van der Waals surface area contributed by atoms with E-state index < -0.39 is 10.0 Å². The van der Waals surface area contributed by atoms with E-state index in [1.165, 1.54) is 5.56 Å². The summed E-state index contributed by atoms with van der Waals surface area (Å²) in [5.41, 5.74) is 2.40. The SMILES string of the molecule is CCNC(=NCC1(c2ccccc2)CC1)NCCS(=O)(=O)NCc1ccccc1.I. The second kappa shape index (κ2) is 11.7. The van der Waals surface area contributed by atoms with Crippen LogP contribution in [0.1, 0.15) is 30.9 Å². The summed E-state index contributed by atoms with van der Waals surface area (Å²) >= 11 is 0. The lowest BCUT2D eigenvalue weighted by molar-refractivity contribution is 0.579. The van der Waals surface area contributed by atoms with Gasteiger partial charge < -0.3 is 10.6 Å². The van der Waals surface area contributed by atoms with Gasteiger partial charge in [-0.25, -0.2) is 13.1 Å². The Kier molecular flexibility index (Phi) is 9.57. The predicted molar refractivity (Wildman–Crippen MR) is 134 cm³/mol. The van der Waals surface area contributed by atoms with Gasteiger partial charge in [0.25, 0.3) is 0 Å². The van der Waals surface area contributed by atoms with Gasteiger partial charge in [0.15, 0.2) is 5.96 Å². The molecule has 0 amide bonds. The largest absolute Gasteiger partial charge is 0.357 e. The summed E-state index contributed by atoms with van der Waals surface area (Å²) < 4.78 is 27.1. The van der Waals surface area contributed by atoms with Gasteiger partial charge in [-0.05, 0) is 30.9 Å². The molecule has 6 nitrogen and oxygen atoms in total. The Labute approximate surface area is 197 Å². The lowest BCUT2D eigenvalue weighted by Crippen LogP contribution is -2.41. The molecule has 3 rings (SSSR count). The molecule has 0 unspecified atom stereocenters. The average Bonchev–Trinajstić information content (AvgIpc) is 3.53. The molecule has 1 fully saturated rings. The number of hydrogen-bond acceptors (Lipinski definition) is 3. The van der Waals surface area contributed by atoms with Crippen LogP contribution >= 0.6 is 24.0 Å². The first-order valence-electron chi connectivity index (χ1n) is 10.1. The fourth-order valence-corrected chi connectivity index (χ4v) is 4.12. The Morgan fingerprint density at radius 1 is 1.00 bits per heavy atom. The first-order valence-corrected chi connectivity index (χ1v) is 11.8. The number of guanidine groups is 1. The Bertz CT molecular complexity index is 901. The fraction of sp³-hybridized carbons (Fsp3) is 0.409. The molecule has 30 heavy (non-hydrogen) atoms. The number of aliphatic imine (C=N–C) groups is 1. The minimum Gasteiger partial charge on any atom is -0.357 e. The Balaban J connectivity index is 0.00000320. The topological polar surface area (TPSA) is 82.6 Å². The number of halogens is 1. The average molecular weight is 542 g/mol. The molecule has 3 N–H and O–H groups in total. The van der Waals surface area contributed by atoms with Crippen molar-refractivity contribution in [2.45, 2.75) is 31.7 Å². The molecule has 0 radical (unpaired) electrons. The van der Waals surface area contributed by atoms with Crippen LogP contribution in [0.3, 0.4) is 0 Å². The van der Waals surface area contributed by atoms with Gasteiger partial charge >= 0.3 is 0 Å². The summed E-state index contributed by atoms with van der Waals surface area (Å²) in [6.45, 7) is 4.03. The molecule has 0 saturated heterocycles. The Hall–Kier alpha value is -1.65. The number of nitrogens with one attached hydrogen (secondary N) is 3. The van der Waals surface area contributed by atoms with Crippen molar-refractivity contribution in [1.29, 1.82) is 0 Å². The van der Waals surface area contributed by atoms with Crippen molar-refractivity contribution in [2.75, 3.05) is 25.4 Å². The van der Waals surface area contributed by atoms with Crippen molar-refractivity contribution >= 4 is 40.0 Å². The molecular weight excluding hydrogens is 511 g/mol. The van der Waals surface area contributed by atoms with Crippen LogP contribution in [-0.4, -0.2) is 39.8 Å². The van der Waals surface area contributed by atoms with Gasteiger partial charge in [-0.15, -0.1) is 24.0 Å². The molecule has 0 aromatic heterocycles. The van der Waals surface area contributed by atoms with Gasteiger partial charge in [-0.1, -0.05) is 60.7 Å². The van der Waals surface area contributed by atoms with Gasteiger partial charge in [0, 0.05) is 25.0 Å². The second-order valence-electron chi connectivity index (χ2n) is 7.39. The molecule has 0 aliphatic heterocycles. The molecule has 2 aromatic rings. The lowest BCUT2D eigenvalue weighted by Gasteiger charge is -2.16. The number of sulfonamides is 1. The third kappa shape index (κ3) is 7.55.